The lowest BCUT2D eigenvalue weighted by molar-refractivity contribution is 0.0662. The molecular formula is C15H18BrNO3. The van der Waals surface area contributed by atoms with Crippen molar-refractivity contribution >= 4 is 27.0 Å². The normalized spacial score (nSPS) is 18.5. The zero-order chi connectivity index (χ0) is 14.1. The van der Waals surface area contributed by atoms with Crippen molar-refractivity contribution in [1.29, 1.82) is 0 Å². The first kappa shape index (κ1) is 13.9. The number of aryl methyl sites for hydroxylation is 1. The van der Waals surface area contributed by atoms with Gasteiger partial charge in [-0.15, -0.1) is 0 Å². The second kappa shape index (κ2) is 5.74. The van der Waals surface area contributed by atoms with Gasteiger partial charge in [0, 0.05) is 24.6 Å². The zero-order valence-corrected chi connectivity index (χ0v) is 13.1. The predicted octanol–water partition coefficient (Wildman–Crippen LogP) is 3.48. The highest BCUT2D eigenvalue weighted by atomic mass is 79.9. The van der Waals surface area contributed by atoms with E-state index in [9.17, 15) is 4.79 Å². The number of fused-ring (bicyclic) bond motifs is 1. The molecule has 0 spiro atoms. The Bertz CT molecular complexity index is 655. The number of benzene rings is 1. The van der Waals surface area contributed by atoms with E-state index in [0.29, 0.717) is 18.0 Å². The van der Waals surface area contributed by atoms with Crippen molar-refractivity contribution in [3.63, 3.8) is 0 Å². The number of halogens is 1. The lowest BCUT2D eigenvalue weighted by atomic mass is 9.92. The summed E-state index contributed by atoms with van der Waals surface area (Å²) in [5.74, 6) is 0.290. The number of hydrogen-bond donors (Lipinski definition) is 0. The van der Waals surface area contributed by atoms with Crippen LogP contribution in [0.4, 0.5) is 0 Å². The first-order valence-corrected chi connectivity index (χ1v) is 7.97. The molecule has 1 saturated heterocycles. The van der Waals surface area contributed by atoms with Crippen LogP contribution in [0, 0.1) is 5.92 Å². The highest BCUT2D eigenvalue weighted by Crippen LogP contribution is 2.37. The molecule has 0 bridgehead atoms. The second-order valence-electron chi connectivity index (χ2n) is 5.19. The summed E-state index contributed by atoms with van der Waals surface area (Å²) >= 11 is 3.79. The maximum Gasteiger partial charge on any atom is 0.419 e. The summed E-state index contributed by atoms with van der Waals surface area (Å²) in [6, 6.07) is 6.04. The molecule has 2 aromatic rings. The minimum Gasteiger partial charge on any atom is -0.408 e. The minimum absolute atomic E-state index is 0.281. The van der Waals surface area contributed by atoms with E-state index in [0.717, 1.165) is 31.6 Å². The van der Waals surface area contributed by atoms with Gasteiger partial charge in [0.1, 0.15) is 0 Å². The molecule has 0 N–H and O–H groups in total. The molecule has 1 aromatic carbocycles. The van der Waals surface area contributed by atoms with Crippen molar-refractivity contribution in [2.24, 2.45) is 5.92 Å². The van der Waals surface area contributed by atoms with Crippen LogP contribution in [0.3, 0.4) is 0 Å². The quantitative estimate of drug-likeness (QED) is 0.804. The fraction of sp³-hybridized carbons (Fsp3) is 0.533. The lowest BCUT2D eigenvalue weighted by Crippen LogP contribution is -2.19. The van der Waals surface area contributed by atoms with Gasteiger partial charge >= 0.3 is 5.76 Å². The average molecular weight is 340 g/mol. The standard InChI is InChI=1S/C15H18BrNO3/c1-2-17-12-4-3-11(9-13(12)20-15(17)18)14(16)10-5-7-19-8-6-10/h3-4,9-10,14H,2,5-8H2,1H3. The molecule has 0 saturated carbocycles. The highest BCUT2D eigenvalue weighted by molar-refractivity contribution is 9.09. The predicted molar refractivity (Wildman–Crippen MR) is 81.4 cm³/mol. The van der Waals surface area contributed by atoms with Crippen LogP contribution in [0.15, 0.2) is 27.4 Å². The minimum atomic E-state index is -0.281. The van der Waals surface area contributed by atoms with Crippen molar-refractivity contribution in [3.05, 3.63) is 34.3 Å². The Morgan fingerprint density at radius 2 is 2.15 bits per heavy atom. The second-order valence-corrected chi connectivity index (χ2v) is 6.18. The lowest BCUT2D eigenvalue weighted by Gasteiger charge is -2.26. The van der Waals surface area contributed by atoms with Crippen molar-refractivity contribution in [2.45, 2.75) is 31.1 Å². The number of hydrogen-bond acceptors (Lipinski definition) is 3. The van der Waals surface area contributed by atoms with Gasteiger partial charge in [-0.3, -0.25) is 4.57 Å². The van der Waals surface area contributed by atoms with Crippen LogP contribution in [-0.2, 0) is 11.3 Å². The third kappa shape index (κ3) is 2.44. The van der Waals surface area contributed by atoms with Crippen molar-refractivity contribution < 1.29 is 9.15 Å². The van der Waals surface area contributed by atoms with E-state index >= 15 is 0 Å². The van der Waals surface area contributed by atoms with E-state index in [-0.39, 0.29) is 10.6 Å². The molecule has 20 heavy (non-hydrogen) atoms. The van der Waals surface area contributed by atoms with Crippen molar-refractivity contribution in [1.82, 2.24) is 4.57 Å². The number of alkyl halides is 1. The fourth-order valence-corrected chi connectivity index (χ4v) is 3.65. The highest BCUT2D eigenvalue weighted by Gasteiger charge is 2.24. The first-order valence-electron chi connectivity index (χ1n) is 7.06. The molecule has 0 amide bonds. The smallest absolute Gasteiger partial charge is 0.408 e. The van der Waals surface area contributed by atoms with Gasteiger partial charge in [0.25, 0.3) is 0 Å². The van der Waals surface area contributed by atoms with Crippen LogP contribution in [0.5, 0.6) is 0 Å². The molecule has 1 fully saturated rings. The van der Waals surface area contributed by atoms with Crippen LogP contribution in [0.2, 0.25) is 0 Å². The zero-order valence-electron chi connectivity index (χ0n) is 11.5. The van der Waals surface area contributed by atoms with Gasteiger partial charge in [0.2, 0.25) is 0 Å². The van der Waals surface area contributed by atoms with Gasteiger partial charge in [0.15, 0.2) is 5.58 Å². The fourth-order valence-electron chi connectivity index (χ4n) is 2.83. The Kier molecular flexibility index (Phi) is 3.98. The van der Waals surface area contributed by atoms with Crippen LogP contribution < -0.4 is 5.76 Å². The number of aromatic nitrogens is 1. The van der Waals surface area contributed by atoms with E-state index < -0.39 is 0 Å². The number of ether oxygens (including phenoxy) is 1. The van der Waals surface area contributed by atoms with E-state index in [4.69, 9.17) is 9.15 Å². The molecule has 1 unspecified atom stereocenters. The molecule has 1 aliphatic heterocycles. The first-order chi connectivity index (χ1) is 9.70. The molecule has 0 aliphatic carbocycles. The van der Waals surface area contributed by atoms with E-state index in [1.54, 1.807) is 4.57 Å². The Morgan fingerprint density at radius 3 is 2.85 bits per heavy atom. The third-order valence-corrected chi connectivity index (χ3v) is 5.28. The van der Waals surface area contributed by atoms with E-state index in [1.165, 1.54) is 5.56 Å². The Morgan fingerprint density at radius 1 is 1.40 bits per heavy atom. The van der Waals surface area contributed by atoms with Crippen LogP contribution in [-0.4, -0.2) is 17.8 Å². The molecule has 0 radical (unpaired) electrons. The summed E-state index contributed by atoms with van der Waals surface area (Å²) in [6.45, 7) is 4.23. The Balaban J connectivity index is 1.94. The summed E-state index contributed by atoms with van der Waals surface area (Å²) in [7, 11) is 0. The maximum atomic E-state index is 11.7. The SMILES string of the molecule is CCn1c(=O)oc2cc(C(Br)C3CCOCC3)ccc21. The van der Waals surface area contributed by atoms with Gasteiger partial charge in [-0.2, -0.15) is 0 Å². The number of nitrogens with zero attached hydrogens (tertiary/aromatic N) is 1. The summed E-state index contributed by atoms with van der Waals surface area (Å²) in [5.41, 5.74) is 2.71. The average Bonchev–Trinajstić information content (AvgIpc) is 2.81. The molecule has 3 rings (SSSR count). The maximum absolute atomic E-state index is 11.7. The molecule has 1 aromatic heterocycles. The van der Waals surface area contributed by atoms with Crippen molar-refractivity contribution in [2.75, 3.05) is 13.2 Å². The molecular weight excluding hydrogens is 322 g/mol. The Hall–Kier alpha value is -1.07. The van der Waals surface area contributed by atoms with Gasteiger partial charge in [-0.1, -0.05) is 22.0 Å². The molecule has 4 nitrogen and oxygen atoms in total. The Labute approximate surface area is 125 Å². The third-order valence-electron chi connectivity index (χ3n) is 4.01. The largest absolute Gasteiger partial charge is 0.419 e. The van der Waals surface area contributed by atoms with Crippen LogP contribution in [0.1, 0.15) is 30.2 Å². The topological polar surface area (TPSA) is 44.4 Å². The van der Waals surface area contributed by atoms with Crippen molar-refractivity contribution in [3.8, 4) is 0 Å². The monoisotopic (exact) mass is 339 g/mol. The number of oxazole rings is 1. The summed E-state index contributed by atoms with van der Waals surface area (Å²) in [5, 5.41) is 0. The molecule has 2 heterocycles. The summed E-state index contributed by atoms with van der Waals surface area (Å²) in [4.78, 5) is 12.0. The van der Waals surface area contributed by atoms with E-state index in [1.807, 2.05) is 19.1 Å². The van der Waals surface area contributed by atoms with E-state index in [2.05, 4.69) is 22.0 Å². The summed E-state index contributed by atoms with van der Waals surface area (Å²) < 4.78 is 12.4. The molecule has 1 aliphatic rings. The molecule has 108 valence electrons. The van der Waals surface area contributed by atoms with Gasteiger partial charge in [0.05, 0.1) is 5.52 Å². The van der Waals surface area contributed by atoms with Gasteiger partial charge in [-0.25, -0.2) is 4.79 Å². The molecule has 1 atom stereocenters. The number of rotatable bonds is 3. The van der Waals surface area contributed by atoms with Crippen LogP contribution in [0.25, 0.3) is 11.1 Å². The summed E-state index contributed by atoms with van der Waals surface area (Å²) in [6.07, 6.45) is 2.13. The van der Waals surface area contributed by atoms with Crippen LogP contribution >= 0.6 is 15.9 Å². The van der Waals surface area contributed by atoms with Gasteiger partial charge < -0.3 is 9.15 Å². The van der Waals surface area contributed by atoms with Gasteiger partial charge in [-0.05, 0) is 43.4 Å². The molecule has 5 heteroatoms.